The van der Waals surface area contributed by atoms with E-state index < -0.39 is 0 Å². The van der Waals surface area contributed by atoms with Crippen molar-refractivity contribution in [3.63, 3.8) is 0 Å². The van der Waals surface area contributed by atoms with Crippen molar-refractivity contribution in [1.29, 1.82) is 0 Å². The summed E-state index contributed by atoms with van der Waals surface area (Å²) in [7, 11) is 0. The lowest BCUT2D eigenvalue weighted by Gasteiger charge is -2.30. The number of benzene rings is 1. The minimum absolute atomic E-state index is 0.148. The van der Waals surface area contributed by atoms with E-state index in [0.29, 0.717) is 0 Å². The van der Waals surface area contributed by atoms with Crippen LogP contribution in [0.5, 0.6) is 0 Å². The van der Waals surface area contributed by atoms with Crippen LogP contribution >= 0.6 is 43.5 Å². The zero-order chi connectivity index (χ0) is 12.9. The molecule has 0 atom stereocenters. The lowest BCUT2D eigenvalue weighted by atomic mass is 9.82. The summed E-state index contributed by atoms with van der Waals surface area (Å²) in [6.45, 7) is 2.17. The molecule has 0 radical (unpaired) electrons. The summed E-state index contributed by atoms with van der Waals surface area (Å²) in [5, 5.41) is 2.00. The van der Waals surface area contributed by atoms with E-state index in [1.807, 2.05) is 6.07 Å². The van der Waals surface area contributed by atoms with Crippen LogP contribution in [0, 0.1) is 11.2 Å². The first-order valence-electron chi connectivity index (χ1n) is 5.63. The molecule has 0 aliphatic rings. The van der Waals surface area contributed by atoms with Crippen LogP contribution in [0.1, 0.15) is 25.3 Å². The Bertz CT molecular complexity index is 364. The largest absolute Gasteiger partial charge is 0.205 e. The molecule has 4 heteroatoms. The fraction of sp³-hybridized carbons (Fsp3) is 0.538. The Kier molecular flexibility index (Phi) is 6.46. The summed E-state index contributed by atoms with van der Waals surface area (Å²) in [5.74, 6) is -0.335. The van der Waals surface area contributed by atoms with Crippen molar-refractivity contribution in [3.8, 4) is 0 Å². The molecule has 0 saturated carbocycles. The fourth-order valence-electron chi connectivity index (χ4n) is 1.97. The molecule has 1 aromatic rings. The molecular formula is C13H16Br2ClF. The lowest BCUT2D eigenvalue weighted by molar-refractivity contribution is 0.351. The minimum Gasteiger partial charge on any atom is -0.205 e. The highest BCUT2D eigenvalue weighted by Gasteiger charge is 2.27. The second-order valence-electron chi connectivity index (χ2n) is 4.44. The smallest absolute Gasteiger partial charge is 0.142 e. The molecule has 96 valence electrons. The van der Waals surface area contributed by atoms with Crippen molar-refractivity contribution in [1.82, 2.24) is 0 Å². The molecule has 0 heterocycles. The van der Waals surface area contributed by atoms with Gasteiger partial charge in [-0.05, 0) is 36.0 Å². The maximum Gasteiger partial charge on any atom is 0.142 e. The van der Waals surface area contributed by atoms with E-state index in [1.54, 1.807) is 6.07 Å². The molecule has 0 amide bonds. The highest BCUT2D eigenvalue weighted by atomic mass is 79.9. The van der Waals surface area contributed by atoms with Crippen LogP contribution in [0.15, 0.2) is 18.2 Å². The molecule has 17 heavy (non-hydrogen) atoms. The molecule has 0 N–H and O–H groups in total. The van der Waals surface area contributed by atoms with Gasteiger partial charge in [0.2, 0.25) is 0 Å². The van der Waals surface area contributed by atoms with Gasteiger partial charge in [-0.1, -0.05) is 62.9 Å². The highest BCUT2D eigenvalue weighted by molar-refractivity contribution is 9.09. The topological polar surface area (TPSA) is 0 Å². The van der Waals surface area contributed by atoms with Gasteiger partial charge in [0.15, 0.2) is 0 Å². The molecular weight excluding hydrogens is 370 g/mol. The van der Waals surface area contributed by atoms with Gasteiger partial charge in [-0.25, -0.2) is 4.39 Å². The summed E-state index contributed by atoms with van der Waals surface area (Å²) in [6.07, 6.45) is 3.08. The van der Waals surface area contributed by atoms with Gasteiger partial charge in [-0.2, -0.15) is 0 Å². The molecule has 1 rings (SSSR count). The van der Waals surface area contributed by atoms with Crippen LogP contribution in [-0.2, 0) is 6.42 Å². The van der Waals surface area contributed by atoms with E-state index in [1.165, 1.54) is 6.07 Å². The third-order valence-corrected chi connectivity index (χ3v) is 5.60. The van der Waals surface area contributed by atoms with E-state index in [4.69, 9.17) is 11.6 Å². The standard InChI is InChI=1S/C13H16Br2ClF/c1-2-5-13(8-14,9-15)7-10-3-4-11(16)12(17)6-10/h3-4,6H,2,5,7-9H2,1H3. The van der Waals surface area contributed by atoms with Gasteiger partial charge in [0.1, 0.15) is 5.82 Å². The summed E-state index contributed by atoms with van der Waals surface area (Å²) in [4.78, 5) is 0. The minimum atomic E-state index is -0.335. The van der Waals surface area contributed by atoms with Gasteiger partial charge in [0.05, 0.1) is 5.02 Å². The van der Waals surface area contributed by atoms with E-state index in [-0.39, 0.29) is 16.3 Å². The van der Waals surface area contributed by atoms with E-state index >= 15 is 0 Å². The van der Waals surface area contributed by atoms with Crippen molar-refractivity contribution in [2.45, 2.75) is 26.2 Å². The second kappa shape index (κ2) is 7.10. The van der Waals surface area contributed by atoms with Gasteiger partial charge in [0, 0.05) is 10.7 Å². The first-order chi connectivity index (χ1) is 8.06. The molecule has 0 unspecified atom stereocenters. The van der Waals surface area contributed by atoms with Gasteiger partial charge >= 0.3 is 0 Å². The summed E-state index contributed by atoms with van der Waals surface area (Å²) < 4.78 is 13.4. The van der Waals surface area contributed by atoms with E-state index in [2.05, 4.69) is 38.8 Å². The Morgan fingerprint density at radius 1 is 1.29 bits per heavy atom. The molecule has 0 aromatic heterocycles. The Labute approximate surface area is 124 Å². The van der Waals surface area contributed by atoms with Crippen molar-refractivity contribution in [3.05, 3.63) is 34.6 Å². The van der Waals surface area contributed by atoms with Crippen LogP contribution in [0.25, 0.3) is 0 Å². The van der Waals surface area contributed by atoms with Crippen LogP contribution in [-0.4, -0.2) is 10.7 Å². The second-order valence-corrected chi connectivity index (χ2v) is 5.97. The SMILES string of the molecule is CCCC(CBr)(CBr)Cc1ccc(Cl)c(F)c1. The maximum absolute atomic E-state index is 13.4. The van der Waals surface area contributed by atoms with Crippen molar-refractivity contribution in [2.24, 2.45) is 5.41 Å². The molecule has 0 fully saturated rings. The fourth-order valence-corrected chi connectivity index (χ4v) is 3.97. The molecule has 0 spiro atoms. The van der Waals surface area contributed by atoms with Crippen molar-refractivity contribution < 1.29 is 4.39 Å². The summed E-state index contributed by atoms with van der Waals surface area (Å²) in [5.41, 5.74) is 1.15. The number of halogens is 4. The molecule has 0 bridgehead atoms. The Balaban J connectivity index is 2.89. The molecule has 0 aliphatic heterocycles. The zero-order valence-corrected chi connectivity index (χ0v) is 13.7. The zero-order valence-electron chi connectivity index (χ0n) is 9.78. The molecule has 1 aromatic carbocycles. The highest BCUT2D eigenvalue weighted by Crippen LogP contribution is 2.33. The first-order valence-corrected chi connectivity index (χ1v) is 8.25. The van der Waals surface area contributed by atoms with Gasteiger partial charge in [-0.3, -0.25) is 0 Å². The average molecular weight is 387 g/mol. The number of hydrogen-bond donors (Lipinski definition) is 0. The number of hydrogen-bond acceptors (Lipinski definition) is 0. The summed E-state index contributed by atoms with van der Waals surface area (Å²) >= 11 is 12.8. The number of rotatable bonds is 6. The van der Waals surface area contributed by atoms with Gasteiger partial charge in [0.25, 0.3) is 0 Å². The van der Waals surface area contributed by atoms with Crippen molar-refractivity contribution >= 4 is 43.5 Å². The average Bonchev–Trinajstić information content (AvgIpc) is 2.33. The van der Waals surface area contributed by atoms with Crippen molar-refractivity contribution in [2.75, 3.05) is 10.7 Å². The van der Waals surface area contributed by atoms with Crippen LogP contribution in [0.4, 0.5) is 4.39 Å². The Hall–Kier alpha value is 0.400. The molecule has 0 aliphatic carbocycles. The van der Waals surface area contributed by atoms with Gasteiger partial charge < -0.3 is 0 Å². The Morgan fingerprint density at radius 2 is 1.94 bits per heavy atom. The maximum atomic E-state index is 13.4. The lowest BCUT2D eigenvalue weighted by Crippen LogP contribution is -2.27. The third kappa shape index (κ3) is 4.22. The van der Waals surface area contributed by atoms with E-state index in [0.717, 1.165) is 35.5 Å². The quantitative estimate of drug-likeness (QED) is 0.559. The molecule has 0 saturated heterocycles. The predicted molar refractivity (Wildman–Crippen MR) is 80.0 cm³/mol. The predicted octanol–water partition coefficient (Wildman–Crippen LogP) is 5.60. The van der Waals surface area contributed by atoms with Crippen LogP contribution in [0.3, 0.4) is 0 Å². The van der Waals surface area contributed by atoms with Crippen LogP contribution < -0.4 is 0 Å². The number of alkyl halides is 2. The van der Waals surface area contributed by atoms with E-state index in [9.17, 15) is 4.39 Å². The van der Waals surface area contributed by atoms with Crippen LogP contribution in [0.2, 0.25) is 5.02 Å². The third-order valence-electron chi connectivity index (χ3n) is 2.91. The van der Waals surface area contributed by atoms with Gasteiger partial charge in [-0.15, -0.1) is 0 Å². The Morgan fingerprint density at radius 3 is 2.41 bits per heavy atom. The molecule has 0 nitrogen and oxygen atoms in total. The first kappa shape index (κ1) is 15.5. The monoisotopic (exact) mass is 384 g/mol. The normalized spacial score (nSPS) is 11.8. The summed E-state index contributed by atoms with van der Waals surface area (Å²) in [6, 6.07) is 5.07.